The molecule has 3 aliphatic rings. The molecule has 0 spiro atoms. The summed E-state index contributed by atoms with van der Waals surface area (Å²) < 4.78 is 25.6. The number of aliphatic carboxylic acids is 1. The van der Waals surface area contributed by atoms with E-state index >= 15 is 0 Å². The highest BCUT2D eigenvalue weighted by molar-refractivity contribution is 5.73. The highest BCUT2D eigenvalue weighted by Gasteiger charge is 2.44. The molecule has 0 bridgehead atoms. The van der Waals surface area contributed by atoms with Crippen LogP contribution < -0.4 is 0 Å². The van der Waals surface area contributed by atoms with E-state index in [1.807, 2.05) is 6.92 Å². The number of hydrogen-bond acceptors (Lipinski definition) is 8. The summed E-state index contributed by atoms with van der Waals surface area (Å²) >= 11 is 0. The molecule has 0 radical (unpaired) electrons. The van der Waals surface area contributed by atoms with Gasteiger partial charge >= 0.3 is 11.9 Å². The summed E-state index contributed by atoms with van der Waals surface area (Å²) in [6.45, 7) is 14.3. The second kappa shape index (κ2) is 19.2. The van der Waals surface area contributed by atoms with Gasteiger partial charge in [0.25, 0.3) is 0 Å². The maximum absolute atomic E-state index is 13.7. The third kappa shape index (κ3) is 10.6. The Labute approximate surface area is 285 Å². The van der Waals surface area contributed by atoms with Gasteiger partial charge in [0.15, 0.2) is 0 Å². The highest BCUT2D eigenvalue weighted by Crippen LogP contribution is 2.39. The first kappa shape index (κ1) is 40.2. The van der Waals surface area contributed by atoms with E-state index in [4.69, 9.17) is 18.9 Å². The second-order valence-corrected chi connectivity index (χ2v) is 15.3. The minimum atomic E-state index is -0.843. The fourth-order valence-electron chi connectivity index (χ4n) is 8.53. The molecule has 9 nitrogen and oxygen atoms in total. The van der Waals surface area contributed by atoms with Crippen molar-refractivity contribution in [3.63, 3.8) is 0 Å². The van der Waals surface area contributed by atoms with Crippen LogP contribution in [0.2, 0.25) is 0 Å². The van der Waals surface area contributed by atoms with Crippen LogP contribution in [0.25, 0.3) is 0 Å². The van der Waals surface area contributed by atoms with Gasteiger partial charge in [-0.05, 0) is 91.6 Å². The van der Waals surface area contributed by atoms with Crippen LogP contribution in [-0.4, -0.2) is 96.0 Å². The molecular weight excluding hydrogens is 598 g/mol. The number of ether oxygens (including phenoxy) is 4. The average Bonchev–Trinajstić information content (AvgIpc) is 3.82. The lowest BCUT2D eigenvalue weighted by Crippen LogP contribution is -2.41. The maximum Gasteiger partial charge on any atom is 0.311 e. The molecule has 274 valence electrons. The normalized spacial score (nSPS) is 31.6. The number of rotatable bonds is 20. The summed E-state index contributed by atoms with van der Waals surface area (Å²) in [5, 5.41) is 21.1. The van der Waals surface area contributed by atoms with Crippen LogP contribution in [0.3, 0.4) is 0 Å². The number of carboxylic acid groups (broad SMARTS) is 1. The third-order valence-corrected chi connectivity index (χ3v) is 11.9. The van der Waals surface area contributed by atoms with Gasteiger partial charge in [0.2, 0.25) is 0 Å². The molecule has 0 aromatic rings. The van der Waals surface area contributed by atoms with Crippen molar-refractivity contribution in [2.75, 3.05) is 14.1 Å². The minimum Gasteiger partial charge on any atom is -0.481 e. The van der Waals surface area contributed by atoms with Gasteiger partial charge in [-0.25, -0.2) is 0 Å². The zero-order chi connectivity index (χ0) is 34.8. The monoisotopic (exact) mass is 668 g/mol. The number of hydrogen-bond donors (Lipinski definition) is 2. The van der Waals surface area contributed by atoms with E-state index in [-0.39, 0.29) is 72.4 Å². The van der Waals surface area contributed by atoms with E-state index in [2.05, 4.69) is 53.6 Å². The zero-order valence-corrected chi connectivity index (χ0v) is 31.1. The first-order valence-corrected chi connectivity index (χ1v) is 19.1. The van der Waals surface area contributed by atoms with Gasteiger partial charge in [-0.15, -0.1) is 0 Å². The topological polar surface area (TPSA) is 115 Å². The van der Waals surface area contributed by atoms with Crippen LogP contribution in [0.4, 0.5) is 0 Å². The Kier molecular flexibility index (Phi) is 16.4. The van der Waals surface area contributed by atoms with Crippen molar-refractivity contribution in [1.29, 1.82) is 0 Å². The van der Waals surface area contributed by atoms with Crippen LogP contribution in [0, 0.1) is 29.6 Å². The standard InChI is InChI=1S/C38H69NO8/c1-10-14-26(39(8)9)22-27-16-17-34(44-27)28(12-3)36(40)24(6)32-20-21-35(46-32)29(13-4)38(43)47-30(15-11-2)23(5)31-18-19-33(45-31)25(7)37(41)42/h23-36,40H,10-22H2,1-9H3,(H,41,42)/t23-,24+,25+,26+,27-,28+,29+,30-,31-,32-,33+,34+,35+,36+/m0/s1. The lowest BCUT2D eigenvalue weighted by molar-refractivity contribution is -0.167. The van der Waals surface area contributed by atoms with Crippen molar-refractivity contribution in [3.05, 3.63) is 0 Å². The Hall–Kier alpha value is -1.26. The van der Waals surface area contributed by atoms with Gasteiger partial charge in [0.05, 0.1) is 54.6 Å². The summed E-state index contributed by atoms with van der Waals surface area (Å²) in [5.41, 5.74) is 0. The lowest BCUT2D eigenvalue weighted by Gasteiger charge is -2.34. The summed E-state index contributed by atoms with van der Waals surface area (Å²) in [6, 6.07) is 0.520. The van der Waals surface area contributed by atoms with Gasteiger partial charge in [-0.2, -0.15) is 0 Å². The molecule has 47 heavy (non-hydrogen) atoms. The number of aliphatic hydroxyl groups excluding tert-OH is 1. The molecule has 0 saturated carbocycles. The second-order valence-electron chi connectivity index (χ2n) is 15.3. The third-order valence-electron chi connectivity index (χ3n) is 11.9. The molecule has 3 saturated heterocycles. The quantitative estimate of drug-likeness (QED) is 0.134. The van der Waals surface area contributed by atoms with Crippen molar-refractivity contribution in [1.82, 2.24) is 4.90 Å². The van der Waals surface area contributed by atoms with Crippen LogP contribution in [0.1, 0.15) is 132 Å². The Bertz CT molecular complexity index is 947. The van der Waals surface area contributed by atoms with E-state index in [0.29, 0.717) is 18.9 Å². The van der Waals surface area contributed by atoms with E-state index in [1.54, 1.807) is 6.92 Å². The summed E-state index contributed by atoms with van der Waals surface area (Å²) in [7, 11) is 4.31. The van der Waals surface area contributed by atoms with E-state index in [9.17, 15) is 19.8 Å². The average molecular weight is 668 g/mol. The molecule has 2 N–H and O–H groups in total. The summed E-state index contributed by atoms with van der Waals surface area (Å²) in [4.78, 5) is 27.5. The van der Waals surface area contributed by atoms with Crippen molar-refractivity contribution < 1.29 is 38.7 Å². The molecule has 0 aliphatic carbocycles. The fourth-order valence-corrected chi connectivity index (χ4v) is 8.53. The van der Waals surface area contributed by atoms with Crippen LogP contribution in [-0.2, 0) is 28.5 Å². The molecule has 0 aromatic carbocycles. The zero-order valence-electron chi connectivity index (χ0n) is 31.1. The Morgan fingerprint density at radius 2 is 1.34 bits per heavy atom. The fraction of sp³-hybridized carbons (Fsp3) is 0.947. The first-order valence-electron chi connectivity index (χ1n) is 19.1. The first-order chi connectivity index (χ1) is 22.4. The molecule has 3 aliphatic heterocycles. The van der Waals surface area contributed by atoms with Crippen LogP contribution >= 0.6 is 0 Å². The predicted octanol–water partition coefficient (Wildman–Crippen LogP) is 6.87. The van der Waals surface area contributed by atoms with E-state index < -0.39 is 18.0 Å². The maximum atomic E-state index is 13.7. The molecule has 0 aromatic heterocycles. The van der Waals surface area contributed by atoms with Crippen LogP contribution in [0.15, 0.2) is 0 Å². The van der Waals surface area contributed by atoms with Crippen molar-refractivity contribution in [3.8, 4) is 0 Å². The number of aliphatic hydroxyl groups is 1. The van der Waals surface area contributed by atoms with E-state index in [0.717, 1.165) is 64.2 Å². The Balaban J connectivity index is 1.56. The molecule has 3 fully saturated rings. The largest absolute Gasteiger partial charge is 0.481 e. The summed E-state index contributed by atoms with van der Waals surface area (Å²) in [5.74, 6) is -2.03. The van der Waals surface area contributed by atoms with Crippen molar-refractivity contribution >= 4 is 11.9 Å². The van der Waals surface area contributed by atoms with Crippen molar-refractivity contribution in [2.24, 2.45) is 29.6 Å². The van der Waals surface area contributed by atoms with E-state index in [1.165, 1.54) is 6.42 Å². The van der Waals surface area contributed by atoms with Crippen molar-refractivity contribution in [2.45, 2.75) is 187 Å². The van der Waals surface area contributed by atoms with Gasteiger partial charge in [0, 0.05) is 23.8 Å². The van der Waals surface area contributed by atoms with Gasteiger partial charge in [-0.3, -0.25) is 9.59 Å². The number of carbonyl (C=O) groups excluding carboxylic acids is 1. The number of carboxylic acids is 1. The minimum absolute atomic E-state index is 0.0291. The number of nitrogens with zero attached hydrogens (tertiary/aromatic N) is 1. The Morgan fingerprint density at radius 1 is 0.766 bits per heavy atom. The molecule has 0 unspecified atom stereocenters. The smallest absolute Gasteiger partial charge is 0.311 e. The lowest BCUT2D eigenvalue weighted by atomic mass is 9.82. The summed E-state index contributed by atoms with van der Waals surface area (Å²) in [6.07, 6.45) is 10.2. The molecule has 3 rings (SSSR count). The Morgan fingerprint density at radius 3 is 1.91 bits per heavy atom. The molecule has 9 heteroatoms. The SMILES string of the molecule is CCC[C@H](C[C@@H]1CC[C@H]([C@@H](CC)[C@H](O)[C@H](C)[C@@H]2CC[C@H]([C@@H](CC)C(=O)O[C@@H](CCC)[C@H](C)[C@@H]3CC[C@H]([C@@H](C)C(=O)O)O3)O2)O1)N(C)C. The van der Waals surface area contributed by atoms with Gasteiger partial charge in [-0.1, -0.05) is 54.4 Å². The number of esters is 1. The molecule has 0 amide bonds. The molecular formula is C38H69NO8. The molecule has 14 atom stereocenters. The van der Waals surface area contributed by atoms with Gasteiger partial charge in [0.1, 0.15) is 6.10 Å². The number of carbonyl (C=O) groups is 2. The highest BCUT2D eigenvalue weighted by atomic mass is 16.6. The van der Waals surface area contributed by atoms with Gasteiger partial charge < -0.3 is 34.1 Å². The predicted molar refractivity (Wildman–Crippen MR) is 184 cm³/mol. The molecule has 3 heterocycles. The van der Waals surface area contributed by atoms with Crippen LogP contribution in [0.5, 0.6) is 0 Å².